The van der Waals surface area contributed by atoms with Crippen LogP contribution < -0.4 is 10.6 Å². The van der Waals surface area contributed by atoms with Gasteiger partial charge in [0.25, 0.3) is 0 Å². The predicted octanol–water partition coefficient (Wildman–Crippen LogP) is 5.16. The molecule has 0 saturated carbocycles. The number of thioether (sulfide) groups is 1. The normalized spacial score (nSPS) is 17.4. The van der Waals surface area contributed by atoms with Gasteiger partial charge in [-0.05, 0) is 37.3 Å². The largest absolute Gasteiger partial charge is 0.481 e. The minimum absolute atomic E-state index is 0.00396. The molecule has 0 aromatic heterocycles. The first-order valence-electron chi connectivity index (χ1n) is 11.8. The van der Waals surface area contributed by atoms with Crippen LogP contribution in [0.4, 0.5) is 0 Å². The number of aliphatic carboxylic acids is 1. The molecule has 0 radical (unpaired) electrons. The molecule has 0 bridgehead atoms. The number of benzene rings is 2. The molecule has 0 heterocycles. The van der Waals surface area contributed by atoms with Crippen LogP contribution in [0.15, 0.2) is 83.0 Å². The lowest BCUT2D eigenvalue weighted by molar-refractivity contribution is -0.136. The van der Waals surface area contributed by atoms with Gasteiger partial charge in [-0.1, -0.05) is 73.2 Å². The van der Waals surface area contributed by atoms with Crippen LogP contribution in [0.2, 0.25) is 0 Å². The number of hydrogen-bond acceptors (Lipinski definition) is 5. The highest BCUT2D eigenvalue weighted by Gasteiger charge is 2.41. The molecule has 186 valence electrons. The number of allylic oxidation sites excluding steroid dienone is 2. The molecule has 2 atom stereocenters. The summed E-state index contributed by atoms with van der Waals surface area (Å²) in [6.07, 6.45) is 0.989. The number of carbonyl (C=O) groups excluding carboxylic acids is 1. The highest BCUT2D eigenvalue weighted by atomic mass is 32.2. The molecule has 35 heavy (non-hydrogen) atoms. The summed E-state index contributed by atoms with van der Waals surface area (Å²) in [6, 6.07) is 18.2. The Bertz CT molecular complexity index is 1130. The lowest BCUT2D eigenvalue weighted by atomic mass is 9.78. The third-order valence-electron chi connectivity index (χ3n) is 6.49. The number of rotatable bonds is 11. The standard InChI is InChI=1S/C28H33O5PS/c1-19-18-20(2)27(21(3)26(19)24(29)14-16-35-17-15-25(30)31)28(32)34(33,22-10-6-4-7-11-22)23-12-8-5-9-13-23/h4-13,19,28,32H,14-18H2,1-3H3,(H,30,31). The number of ketones is 1. The Hall–Kier alpha value is -2.40. The minimum atomic E-state index is -3.48. The number of carboxylic acid groups (broad SMARTS) is 1. The number of carboxylic acids is 1. The van der Waals surface area contributed by atoms with Gasteiger partial charge in [-0.3, -0.25) is 9.59 Å². The molecule has 0 aliphatic heterocycles. The van der Waals surface area contributed by atoms with Crippen molar-refractivity contribution in [2.75, 3.05) is 11.5 Å². The predicted molar refractivity (Wildman–Crippen MR) is 144 cm³/mol. The van der Waals surface area contributed by atoms with E-state index < -0.39 is 19.0 Å². The van der Waals surface area contributed by atoms with E-state index in [2.05, 4.69) is 0 Å². The Kier molecular flexibility index (Phi) is 9.34. The number of aliphatic hydroxyl groups excluding tert-OH is 1. The van der Waals surface area contributed by atoms with E-state index in [1.165, 1.54) is 11.8 Å². The molecule has 0 amide bonds. The first-order chi connectivity index (χ1) is 16.7. The van der Waals surface area contributed by atoms with Gasteiger partial charge < -0.3 is 14.8 Å². The summed E-state index contributed by atoms with van der Waals surface area (Å²) < 4.78 is 14.7. The van der Waals surface area contributed by atoms with E-state index in [1.807, 2.05) is 57.2 Å². The zero-order chi connectivity index (χ0) is 25.6. The summed E-state index contributed by atoms with van der Waals surface area (Å²) in [7, 11) is -3.48. The van der Waals surface area contributed by atoms with Crippen LogP contribution >= 0.6 is 18.9 Å². The number of Topliss-reactive ketones (excluding diaryl/α,β-unsaturated/α-hetero) is 1. The number of hydrogen-bond donors (Lipinski definition) is 2. The average Bonchev–Trinajstić information content (AvgIpc) is 2.83. The van der Waals surface area contributed by atoms with Crippen molar-refractivity contribution in [1.82, 2.24) is 0 Å². The van der Waals surface area contributed by atoms with Gasteiger partial charge in [0, 0.05) is 34.1 Å². The van der Waals surface area contributed by atoms with E-state index in [0.29, 0.717) is 51.7 Å². The third kappa shape index (κ3) is 6.06. The molecule has 0 saturated heterocycles. The van der Waals surface area contributed by atoms with E-state index in [9.17, 15) is 19.3 Å². The average molecular weight is 513 g/mol. The van der Waals surface area contributed by atoms with Crippen molar-refractivity contribution in [3.8, 4) is 0 Å². The Morgan fingerprint density at radius 2 is 1.49 bits per heavy atom. The minimum Gasteiger partial charge on any atom is -0.481 e. The first-order valence-corrected chi connectivity index (χ1v) is 14.7. The van der Waals surface area contributed by atoms with Crippen molar-refractivity contribution in [2.45, 2.75) is 45.9 Å². The highest BCUT2D eigenvalue weighted by molar-refractivity contribution is 7.99. The molecule has 7 heteroatoms. The van der Waals surface area contributed by atoms with Crippen molar-refractivity contribution in [3.05, 3.63) is 83.0 Å². The number of aliphatic hydroxyl groups is 1. The van der Waals surface area contributed by atoms with Crippen LogP contribution in [-0.2, 0) is 14.2 Å². The van der Waals surface area contributed by atoms with Gasteiger partial charge in [0.15, 0.2) is 12.9 Å². The molecule has 2 aromatic carbocycles. The SMILES string of the molecule is CC1=C(C(O)P(=O)(c2ccccc2)c2ccccc2)C(C)=C(C(=O)CCSCCC(=O)O)C(C)C1. The molecular formula is C28H33O5PS. The van der Waals surface area contributed by atoms with Crippen LogP contribution in [0, 0.1) is 5.92 Å². The van der Waals surface area contributed by atoms with Gasteiger partial charge in [-0.15, -0.1) is 0 Å². The van der Waals surface area contributed by atoms with Crippen LogP contribution in [0.5, 0.6) is 0 Å². The second-order valence-electron chi connectivity index (χ2n) is 8.97. The Labute approximate surface area is 211 Å². The van der Waals surface area contributed by atoms with Gasteiger partial charge in [-0.25, -0.2) is 0 Å². The quantitative estimate of drug-likeness (QED) is 0.319. The van der Waals surface area contributed by atoms with Gasteiger partial charge in [-0.2, -0.15) is 11.8 Å². The fraction of sp³-hybridized carbons (Fsp3) is 0.357. The van der Waals surface area contributed by atoms with Gasteiger partial charge in [0.2, 0.25) is 0 Å². The lowest BCUT2D eigenvalue weighted by Crippen LogP contribution is -2.30. The fourth-order valence-electron chi connectivity index (χ4n) is 4.88. The fourth-order valence-corrected chi connectivity index (χ4v) is 8.60. The van der Waals surface area contributed by atoms with Crippen molar-refractivity contribution in [3.63, 3.8) is 0 Å². The second kappa shape index (κ2) is 12.0. The van der Waals surface area contributed by atoms with Crippen molar-refractivity contribution in [1.29, 1.82) is 0 Å². The van der Waals surface area contributed by atoms with Crippen LogP contribution in [0.3, 0.4) is 0 Å². The molecule has 0 spiro atoms. The van der Waals surface area contributed by atoms with Gasteiger partial charge in [0.05, 0.1) is 6.42 Å². The Morgan fingerprint density at radius 1 is 0.971 bits per heavy atom. The van der Waals surface area contributed by atoms with Gasteiger partial charge >= 0.3 is 5.97 Å². The van der Waals surface area contributed by atoms with E-state index in [1.54, 1.807) is 24.3 Å². The summed E-state index contributed by atoms with van der Waals surface area (Å²) in [5.41, 5.74) is 2.93. The Balaban J connectivity index is 1.97. The highest BCUT2D eigenvalue weighted by Crippen LogP contribution is 2.53. The second-order valence-corrected chi connectivity index (χ2v) is 13.0. The third-order valence-corrected chi connectivity index (χ3v) is 10.6. The molecule has 1 aliphatic rings. The molecule has 2 N–H and O–H groups in total. The molecule has 0 fully saturated rings. The maximum Gasteiger partial charge on any atom is 0.304 e. The first kappa shape index (κ1) is 27.2. The maximum atomic E-state index is 14.7. The van der Waals surface area contributed by atoms with Gasteiger partial charge in [0.1, 0.15) is 5.85 Å². The summed E-state index contributed by atoms with van der Waals surface area (Å²) in [5.74, 6) is -1.10. The maximum absolute atomic E-state index is 14.7. The summed E-state index contributed by atoms with van der Waals surface area (Å²) in [4.78, 5) is 23.9. The summed E-state index contributed by atoms with van der Waals surface area (Å²) in [6.45, 7) is 5.81. The molecule has 1 aliphatic carbocycles. The van der Waals surface area contributed by atoms with E-state index in [-0.39, 0.29) is 18.1 Å². The number of carbonyl (C=O) groups is 2. The van der Waals surface area contributed by atoms with Crippen LogP contribution in [0.1, 0.15) is 40.0 Å². The molecule has 3 rings (SSSR count). The zero-order valence-electron chi connectivity index (χ0n) is 20.4. The van der Waals surface area contributed by atoms with Crippen molar-refractivity contribution in [2.24, 2.45) is 5.92 Å². The summed E-state index contributed by atoms with van der Waals surface area (Å²) >= 11 is 1.45. The Morgan fingerprint density at radius 3 is 2.00 bits per heavy atom. The molecule has 5 nitrogen and oxygen atoms in total. The van der Waals surface area contributed by atoms with Crippen molar-refractivity contribution >= 4 is 41.3 Å². The van der Waals surface area contributed by atoms with Crippen LogP contribution in [-0.4, -0.2) is 39.3 Å². The lowest BCUT2D eigenvalue weighted by Gasteiger charge is -2.34. The van der Waals surface area contributed by atoms with Crippen LogP contribution in [0.25, 0.3) is 0 Å². The molecule has 2 unspecified atom stereocenters. The molecule has 2 aromatic rings. The molecular weight excluding hydrogens is 479 g/mol. The zero-order valence-corrected chi connectivity index (χ0v) is 22.1. The van der Waals surface area contributed by atoms with Crippen molar-refractivity contribution < 1.29 is 24.4 Å². The monoisotopic (exact) mass is 512 g/mol. The van der Waals surface area contributed by atoms with E-state index >= 15 is 0 Å². The van der Waals surface area contributed by atoms with E-state index in [0.717, 1.165) is 5.57 Å². The summed E-state index contributed by atoms with van der Waals surface area (Å²) in [5, 5.41) is 21.7. The van der Waals surface area contributed by atoms with E-state index in [4.69, 9.17) is 5.11 Å². The smallest absolute Gasteiger partial charge is 0.304 e. The topological polar surface area (TPSA) is 91.7 Å².